The van der Waals surface area contributed by atoms with E-state index in [1.54, 1.807) is 11.0 Å². The second-order valence-corrected chi connectivity index (χ2v) is 4.14. The Morgan fingerprint density at radius 2 is 2.40 bits per heavy atom. The average molecular weight is 222 g/mol. The first-order valence-corrected chi connectivity index (χ1v) is 5.11. The Kier molecular flexibility index (Phi) is 2.73. The Morgan fingerprint density at radius 1 is 1.60 bits per heavy atom. The fourth-order valence-electron chi connectivity index (χ4n) is 1.64. The SMILES string of the molecule is O=Cc1ccncc1N1CC(S)CC1=O. The van der Waals surface area contributed by atoms with Crippen molar-refractivity contribution in [2.24, 2.45) is 0 Å². The van der Waals surface area contributed by atoms with Gasteiger partial charge < -0.3 is 4.90 Å². The maximum absolute atomic E-state index is 11.6. The summed E-state index contributed by atoms with van der Waals surface area (Å²) in [6, 6.07) is 1.60. The number of hydrogen-bond acceptors (Lipinski definition) is 4. The van der Waals surface area contributed by atoms with Crippen LogP contribution in [0, 0.1) is 0 Å². The van der Waals surface area contributed by atoms with Gasteiger partial charge in [0.1, 0.15) is 0 Å². The van der Waals surface area contributed by atoms with Crippen LogP contribution in [0.25, 0.3) is 0 Å². The molecule has 1 amide bonds. The van der Waals surface area contributed by atoms with Crippen LogP contribution in [0.5, 0.6) is 0 Å². The van der Waals surface area contributed by atoms with Crippen molar-refractivity contribution < 1.29 is 9.59 Å². The molecule has 0 saturated carbocycles. The van der Waals surface area contributed by atoms with Gasteiger partial charge in [0, 0.05) is 30.0 Å². The third-order valence-electron chi connectivity index (χ3n) is 2.36. The van der Waals surface area contributed by atoms with E-state index < -0.39 is 0 Å². The normalized spacial score (nSPS) is 20.7. The van der Waals surface area contributed by atoms with Gasteiger partial charge >= 0.3 is 0 Å². The topological polar surface area (TPSA) is 50.3 Å². The standard InChI is InChI=1S/C10H10N2O2S/c13-6-7-1-2-11-4-9(7)12-5-8(15)3-10(12)14/h1-2,4,6,8,15H,3,5H2. The number of amides is 1. The molecule has 0 radical (unpaired) electrons. The smallest absolute Gasteiger partial charge is 0.228 e. The molecule has 0 aliphatic carbocycles. The van der Waals surface area contributed by atoms with Crippen molar-refractivity contribution in [3.63, 3.8) is 0 Å². The molecule has 0 aromatic carbocycles. The number of anilines is 1. The molecule has 1 aliphatic rings. The van der Waals surface area contributed by atoms with Gasteiger partial charge in [0.2, 0.25) is 5.91 Å². The number of pyridine rings is 1. The highest BCUT2D eigenvalue weighted by atomic mass is 32.1. The van der Waals surface area contributed by atoms with E-state index in [2.05, 4.69) is 17.6 Å². The largest absolute Gasteiger partial charge is 0.309 e. The maximum atomic E-state index is 11.6. The average Bonchev–Trinajstić information content (AvgIpc) is 2.57. The Morgan fingerprint density at radius 3 is 3.00 bits per heavy atom. The summed E-state index contributed by atoms with van der Waals surface area (Å²) in [5, 5.41) is 0.0391. The molecule has 1 aromatic heterocycles. The molecule has 1 aliphatic heterocycles. The van der Waals surface area contributed by atoms with Gasteiger partial charge in [-0.05, 0) is 6.07 Å². The molecule has 5 heteroatoms. The van der Waals surface area contributed by atoms with E-state index in [0.717, 1.165) is 6.29 Å². The third kappa shape index (κ3) is 1.87. The second-order valence-electron chi connectivity index (χ2n) is 3.41. The highest BCUT2D eigenvalue weighted by Gasteiger charge is 2.29. The number of rotatable bonds is 2. The van der Waals surface area contributed by atoms with E-state index >= 15 is 0 Å². The van der Waals surface area contributed by atoms with Gasteiger partial charge in [-0.15, -0.1) is 0 Å². The Hall–Kier alpha value is -1.36. The van der Waals surface area contributed by atoms with Gasteiger partial charge in [0.25, 0.3) is 0 Å². The van der Waals surface area contributed by atoms with Crippen molar-refractivity contribution in [3.05, 3.63) is 24.0 Å². The van der Waals surface area contributed by atoms with Crippen LogP contribution < -0.4 is 4.90 Å². The summed E-state index contributed by atoms with van der Waals surface area (Å²) in [6.07, 6.45) is 4.21. The molecule has 1 aromatic rings. The summed E-state index contributed by atoms with van der Waals surface area (Å²) < 4.78 is 0. The lowest BCUT2D eigenvalue weighted by molar-refractivity contribution is -0.117. The summed E-state index contributed by atoms with van der Waals surface area (Å²) >= 11 is 4.25. The summed E-state index contributed by atoms with van der Waals surface area (Å²) in [5.41, 5.74) is 1.06. The summed E-state index contributed by atoms with van der Waals surface area (Å²) in [4.78, 5) is 27.9. The van der Waals surface area contributed by atoms with Gasteiger partial charge in [-0.3, -0.25) is 14.6 Å². The van der Waals surface area contributed by atoms with Crippen LogP contribution in [0.2, 0.25) is 0 Å². The zero-order valence-electron chi connectivity index (χ0n) is 7.96. The first kappa shape index (κ1) is 10.2. The molecule has 0 spiro atoms. The number of carbonyl (C=O) groups excluding carboxylic acids is 2. The Bertz CT molecular complexity index is 408. The zero-order chi connectivity index (χ0) is 10.8. The molecule has 1 saturated heterocycles. The molecule has 78 valence electrons. The van der Waals surface area contributed by atoms with Crippen molar-refractivity contribution in [2.45, 2.75) is 11.7 Å². The van der Waals surface area contributed by atoms with E-state index in [1.807, 2.05) is 0 Å². The zero-order valence-corrected chi connectivity index (χ0v) is 8.85. The Labute approximate surface area is 92.7 Å². The van der Waals surface area contributed by atoms with Crippen LogP contribution in [-0.2, 0) is 4.79 Å². The fraction of sp³-hybridized carbons (Fsp3) is 0.300. The number of carbonyl (C=O) groups is 2. The van der Waals surface area contributed by atoms with Crippen molar-refractivity contribution in [1.29, 1.82) is 0 Å². The second kappa shape index (κ2) is 4.02. The predicted octanol–water partition coefficient (Wildman–Crippen LogP) is 0.929. The molecular formula is C10H10N2O2S. The molecule has 1 unspecified atom stereocenters. The number of thiol groups is 1. The van der Waals surface area contributed by atoms with E-state index in [-0.39, 0.29) is 11.2 Å². The van der Waals surface area contributed by atoms with Gasteiger partial charge in [-0.25, -0.2) is 0 Å². The number of hydrogen-bond donors (Lipinski definition) is 1. The molecule has 1 fully saturated rings. The quantitative estimate of drug-likeness (QED) is 0.598. The van der Waals surface area contributed by atoms with Crippen LogP contribution in [0.4, 0.5) is 5.69 Å². The van der Waals surface area contributed by atoms with Crippen LogP contribution in [-0.4, -0.2) is 29.0 Å². The lowest BCUT2D eigenvalue weighted by atomic mass is 10.2. The summed E-state index contributed by atoms with van der Waals surface area (Å²) in [7, 11) is 0. The van der Waals surface area contributed by atoms with Crippen LogP contribution in [0.1, 0.15) is 16.8 Å². The van der Waals surface area contributed by atoms with E-state index in [0.29, 0.717) is 24.2 Å². The van der Waals surface area contributed by atoms with Crippen molar-refractivity contribution in [3.8, 4) is 0 Å². The third-order valence-corrected chi connectivity index (χ3v) is 2.70. The van der Waals surface area contributed by atoms with Crippen LogP contribution in [0.3, 0.4) is 0 Å². The maximum Gasteiger partial charge on any atom is 0.228 e. The van der Waals surface area contributed by atoms with Gasteiger partial charge in [0.05, 0.1) is 11.9 Å². The van der Waals surface area contributed by atoms with Gasteiger partial charge in [-0.1, -0.05) is 0 Å². The van der Waals surface area contributed by atoms with Crippen LogP contribution in [0.15, 0.2) is 18.5 Å². The van der Waals surface area contributed by atoms with Crippen molar-refractivity contribution >= 4 is 30.5 Å². The van der Waals surface area contributed by atoms with E-state index in [1.165, 1.54) is 12.4 Å². The number of aldehydes is 1. The minimum absolute atomic E-state index is 0.00824. The summed E-state index contributed by atoms with van der Waals surface area (Å²) in [6.45, 7) is 0.536. The first-order chi connectivity index (χ1) is 7.22. The number of aromatic nitrogens is 1. The molecule has 1 atom stereocenters. The molecule has 0 N–H and O–H groups in total. The molecule has 15 heavy (non-hydrogen) atoms. The molecule has 2 heterocycles. The Balaban J connectivity index is 2.37. The van der Waals surface area contributed by atoms with E-state index in [9.17, 15) is 9.59 Å². The molecule has 4 nitrogen and oxygen atoms in total. The predicted molar refractivity (Wildman–Crippen MR) is 59.4 cm³/mol. The fourth-order valence-corrected chi connectivity index (χ4v) is 1.96. The highest BCUT2D eigenvalue weighted by molar-refractivity contribution is 7.81. The molecule has 2 rings (SSSR count). The van der Waals surface area contributed by atoms with Gasteiger partial charge in [-0.2, -0.15) is 12.6 Å². The lowest BCUT2D eigenvalue weighted by Gasteiger charge is -2.16. The van der Waals surface area contributed by atoms with E-state index in [4.69, 9.17) is 0 Å². The highest BCUT2D eigenvalue weighted by Crippen LogP contribution is 2.25. The molecular weight excluding hydrogens is 212 g/mol. The first-order valence-electron chi connectivity index (χ1n) is 4.60. The summed E-state index contributed by atoms with van der Waals surface area (Å²) in [5.74, 6) is -0.00824. The monoisotopic (exact) mass is 222 g/mol. The van der Waals surface area contributed by atoms with Crippen molar-refractivity contribution in [2.75, 3.05) is 11.4 Å². The van der Waals surface area contributed by atoms with Crippen molar-refractivity contribution in [1.82, 2.24) is 4.98 Å². The minimum atomic E-state index is -0.00824. The van der Waals surface area contributed by atoms with Crippen LogP contribution >= 0.6 is 12.6 Å². The van der Waals surface area contributed by atoms with Gasteiger partial charge in [0.15, 0.2) is 6.29 Å². The minimum Gasteiger partial charge on any atom is -0.309 e. The lowest BCUT2D eigenvalue weighted by Crippen LogP contribution is -2.25. The number of nitrogens with zero attached hydrogens (tertiary/aromatic N) is 2. The molecule has 0 bridgehead atoms.